The van der Waals surface area contributed by atoms with Crippen LogP contribution in [-0.4, -0.2) is 47.8 Å². The molecule has 0 aromatic heterocycles. The lowest BCUT2D eigenvalue weighted by Crippen LogP contribution is -2.48. The first-order chi connectivity index (χ1) is 7.74. The summed E-state index contributed by atoms with van der Waals surface area (Å²) in [6.45, 7) is 4.22. The van der Waals surface area contributed by atoms with E-state index < -0.39 is 5.97 Å². The second-order valence-corrected chi connectivity index (χ2v) is 4.83. The number of hydrogen-bond acceptors (Lipinski definition) is 3. The van der Waals surface area contributed by atoms with E-state index in [9.17, 15) is 9.90 Å². The molecule has 2 rings (SSSR count). The van der Waals surface area contributed by atoms with Gasteiger partial charge in [0.05, 0.1) is 13.2 Å². The Kier molecular flexibility index (Phi) is 3.82. The molecule has 1 saturated heterocycles. The first-order valence-electron chi connectivity index (χ1n) is 6.30. The molecule has 4 heteroatoms. The number of carboxylic acid groups (broad SMARTS) is 1. The zero-order valence-corrected chi connectivity index (χ0v) is 9.89. The predicted molar refractivity (Wildman–Crippen MR) is 60.4 cm³/mol. The zero-order valence-electron chi connectivity index (χ0n) is 9.89. The quantitative estimate of drug-likeness (QED) is 0.790. The highest BCUT2D eigenvalue weighted by Gasteiger charge is 2.38. The molecule has 4 nitrogen and oxygen atoms in total. The Morgan fingerprint density at radius 3 is 3.06 bits per heavy atom. The van der Waals surface area contributed by atoms with Crippen LogP contribution >= 0.6 is 0 Å². The average Bonchev–Trinajstić information content (AvgIpc) is 2.62. The van der Waals surface area contributed by atoms with Crippen LogP contribution in [0.5, 0.6) is 0 Å². The van der Waals surface area contributed by atoms with Crippen LogP contribution in [0.2, 0.25) is 0 Å². The summed E-state index contributed by atoms with van der Waals surface area (Å²) in [5.41, 5.74) is 0. The van der Waals surface area contributed by atoms with Crippen LogP contribution in [0.4, 0.5) is 0 Å². The van der Waals surface area contributed by atoms with Gasteiger partial charge in [-0.3, -0.25) is 9.69 Å². The number of carbonyl (C=O) groups is 1. The highest BCUT2D eigenvalue weighted by atomic mass is 16.5. The zero-order chi connectivity index (χ0) is 11.5. The SMILES string of the molecule is CCC(C(=O)O)N1CCOCC2CCCC21. The van der Waals surface area contributed by atoms with Gasteiger partial charge in [0, 0.05) is 12.6 Å². The van der Waals surface area contributed by atoms with Crippen LogP contribution in [0.15, 0.2) is 0 Å². The number of hydrogen-bond donors (Lipinski definition) is 1. The van der Waals surface area contributed by atoms with E-state index in [2.05, 4.69) is 4.90 Å². The number of carboxylic acids is 1. The molecule has 0 aromatic rings. The fraction of sp³-hybridized carbons (Fsp3) is 0.917. The summed E-state index contributed by atoms with van der Waals surface area (Å²) in [5.74, 6) is -0.133. The van der Waals surface area contributed by atoms with E-state index >= 15 is 0 Å². The highest BCUT2D eigenvalue weighted by molar-refractivity contribution is 5.73. The summed E-state index contributed by atoms with van der Waals surface area (Å²) in [4.78, 5) is 13.4. The van der Waals surface area contributed by atoms with Crippen molar-refractivity contribution in [2.45, 2.75) is 44.7 Å². The van der Waals surface area contributed by atoms with Crippen LogP contribution in [0.3, 0.4) is 0 Å². The van der Waals surface area contributed by atoms with E-state index in [1.54, 1.807) is 0 Å². The molecule has 2 aliphatic rings. The fourth-order valence-corrected chi connectivity index (χ4v) is 3.16. The van der Waals surface area contributed by atoms with Gasteiger partial charge >= 0.3 is 5.97 Å². The van der Waals surface area contributed by atoms with Gasteiger partial charge in [-0.1, -0.05) is 13.3 Å². The van der Waals surface area contributed by atoms with Gasteiger partial charge in [0.2, 0.25) is 0 Å². The molecule has 92 valence electrons. The Morgan fingerprint density at radius 1 is 1.56 bits per heavy atom. The molecule has 2 fully saturated rings. The van der Waals surface area contributed by atoms with Crippen LogP contribution in [-0.2, 0) is 9.53 Å². The van der Waals surface area contributed by atoms with E-state index in [-0.39, 0.29) is 6.04 Å². The standard InChI is InChI=1S/C12H21NO3/c1-2-10(12(14)15)13-6-7-16-8-9-4-3-5-11(9)13/h9-11H,2-8H2,1H3,(H,14,15). The molecule has 1 saturated carbocycles. The van der Waals surface area contributed by atoms with Crippen molar-refractivity contribution >= 4 is 5.97 Å². The van der Waals surface area contributed by atoms with E-state index in [1.165, 1.54) is 12.8 Å². The van der Waals surface area contributed by atoms with Crippen LogP contribution in [0, 0.1) is 5.92 Å². The van der Waals surface area contributed by atoms with Gasteiger partial charge in [0.15, 0.2) is 0 Å². The molecule has 1 aliphatic carbocycles. The third kappa shape index (κ3) is 2.23. The first-order valence-corrected chi connectivity index (χ1v) is 6.30. The van der Waals surface area contributed by atoms with Crippen LogP contribution in [0.1, 0.15) is 32.6 Å². The smallest absolute Gasteiger partial charge is 0.320 e. The lowest BCUT2D eigenvalue weighted by Gasteiger charge is -2.34. The molecule has 0 bridgehead atoms. The summed E-state index contributed by atoms with van der Waals surface area (Å²) in [7, 11) is 0. The molecule has 16 heavy (non-hydrogen) atoms. The topological polar surface area (TPSA) is 49.8 Å². The van der Waals surface area contributed by atoms with E-state index in [4.69, 9.17) is 4.74 Å². The summed E-state index contributed by atoms with van der Waals surface area (Å²) in [6, 6.07) is 0.107. The third-order valence-electron chi connectivity index (χ3n) is 3.94. The molecule has 1 aliphatic heterocycles. The monoisotopic (exact) mass is 227 g/mol. The van der Waals surface area contributed by atoms with Crippen LogP contribution < -0.4 is 0 Å². The summed E-state index contributed by atoms with van der Waals surface area (Å²) in [6.07, 6.45) is 4.22. The van der Waals surface area contributed by atoms with Gasteiger partial charge in [0.25, 0.3) is 0 Å². The van der Waals surface area contributed by atoms with E-state index in [0.29, 0.717) is 25.0 Å². The molecule has 0 aromatic carbocycles. The van der Waals surface area contributed by atoms with Crippen molar-refractivity contribution in [1.82, 2.24) is 4.90 Å². The second-order valence-electron chi connectivity index (χ2n) is 4.83. The normalized spacial score (nSPS) is 33.1. The van der Waals surface area contributed by atoms with Crippen molar-refractivity contribution in [3.8, 4) is 0 Å². The number of aliphatic carboxylic acids is 1. The highest BCUT2D eigenvalue weighted by Crippen LogP contribution is 2.33. The molecular formula is C12H21NO3. The molecule has 3 unspecified atom stereocenters. The van der Waals surface area contributed by atoms with Gasteiger partial charge < -0.3 is 9.84 Å². The molecule has 0 amide bonds. The summed E-state index contributed by atoms with van der Waals surface area (Å²) < 4.78 is 5.58. The minimum absolute atomic E-state index is 0.327. The van der Waals surface area contributed by atoms with Crippen molar-refractivity contribution in [2.24, 2.45) is 5.92 Å². The number of ether oxygens (including phenoxy) is 1. The summed E-state index contributed by atoms with van der Waals surface area (Å²) in [5, 5.41) is 9.25. The maximum absolute atomic E-state index is 11.2. The molecule has 3 atom stereocenters. The molecule has 1 heterocycles. The predicted octanol–water partition coefficient (Wildman–Crippen LogP) is 1.35. The van der Waals surface area contributed by atoms with Crippen molar-refractivity contribution in [3.63, 3.8) is 0 Å². The van der Waals surface area contributed by atoms with Gasteiger partial charge in [-0.15, -0.1) is 0 Å². The van der Waals surface area contributed by atoms with Gasteiger partial charge in [-0.25, -0.2) is 0 Å². The largest absolute Gasteiger partial charge is 0.480 e. The molecular weight excluding hydrogens is 206 g/mol. The second kappa shape index (κ2) is 5.15. The van der Waals surface area contributed by atoms with Crippen LogP contribution in [0.25, 0.3) is 0 Å². The summed E-state index contributed by atoms with van der Waals surface area (Å²) >= 11 is 0. The Labute approximate surface area is 96.6 Å². The van der Waals surface area contributed by atoms with Crippen molar-refractivity contribution < 1.29 is 14.6 Å². The molecule has 1 N–H and O–H groups in total. The lowest BCUT2D eigenvalue weighted by molar-refractivity contribution is -0.144. The molecule has 0 spiro atoms. The van der Waals surface area contributed by atoms with Crippen molar-refractivity contribution in [2.75, 3.05) is 19.8 Å². The Balaban J connectivity index is 2.12. The van der Waals surface area contributed by atoms with E-state index in [1.807, 2.05) is 6.92 Å². The minimum Gasteiger partial charge on any atom is -0.480 e. The first kappa shape index (κ1) is 11.9. The third-order valence-corrected chi connectivity index (χ3v) is 3.94. The Morgan fingerprint density at radius 2 is 2.38 bits per heavy atom. The number of fused-ring (bicyclic) bond motifs is 1. The minimum atomic E-state index is -0.685. The van der Waals surface area contributed by atoms with Gasteiger partial charge in [0.1, 0.15) is 6.04 Å². The fourth-order valence-electron chi connectivity index (χ4n) is 3.16. The Bertz CT molecular complexity index is 257. The van der Waals surface area contributed by atoms with Gasteiger partial charge in [-0.2, -0.15) is 0 Å². The average molecular weight is 227 g/mol. The molecule has 0 radical (unpaired) electrons. The maximum Gasteiger partial charge on any atom is 0.320 e. The number of rotatable bonds is 3. The van der Waals surface area contributed by atoms with Crippen molar-refractivity contribution in [1.29, 1.82) is 0 Å². The maximum atomic E-state index is 11.2. The van der Waals surface area contributed by atoms with E-state index in [0.717, 1.165) is 19.6 Å². The Hall–Kier alpha value is -0.610. The number of nitrogens with zero attached hydrogens (tertiary/aromatic N) is 1. The van der Waals surface area contributed by atoms with Crippen molar-refractivity contribution in [3.05, 3.63) is 0 Å². The van der Waals surface area contributed by atoms with Gasteiger partial charge in [-0.05, 0) is 25.2 Å². The lowest BCUT2D eigenvalue weighted by atomic mass is 10.0.